The zero-order valence-corrected chi connectivity index (χ0v) is 17.5. The zero-order chi connectivity index (χ0) is 18.6. The molecule has 3 rings (SSSR count). The van der Waals surface area contributed by atoms with Gasteiger partial charge in [-0.2, -0.15) is 0 Å². The minimum Gasteiger partial charge on any atom is -0.333 e. The predicted molar refractivity (Wildman–Crippen MR) is 110 cm³/mol. The van der Waals surface area contributed by atoms with Gasteiger partial charge in [-0.1, -0.05) is 6.07 Å². The van der Waals surface area contributed by atoms with Crippen LogP contribution in [-0.4, -0.2) is 51.4 Å². The molecule has 2 aromatic rings. The Labute approximate surface area is 170 Å². The van der Waals surface area contributed by atoms with Crippen LogP contribution in [0.3, 0.4) is 0 Å². The second-order valence-corrected chi connectivity index (χ2v) is 9.10. The van der Waals surface area contributed by atoms with Gasteiger partial charge >= 0.3 is 0 Å². The number of thiophene rings is 1. The van der Waals surface area contributed by atoms with Crippen LogP contribution in [0.15, 0.2) is 46.7 Å². The summed E-state index contributed by atoms with van der Waals surface area (Å²) >= 11 is 1.61. The number of halogens is 1. The Balaban J connectivity index is 0.00000261. The molecule has 1 aromatic heterocycles. The first-order chi connectivity index (χ1) is 12.5. The lowest BCUT2D eigenvalue weighted by molar-refractivity contribution is 0.0655. The maximum absolute atomic E-state index is 12.6. The Kier molecular flexibility index (Phi) is 7.81. The first-order valence-corrected chi connectivity index (χ1v) is 11.0. The lowest BCUT2D eigenvalue weighted by Gasteiger charge is -2.34. The first-order valence-electron chi connectivity index (χ1n) is 8.61. The SMILES string of the molecule is CC1CNCCN1C(=O)c1ccc(S(=O)(=O)NCCc2cccs2)cc1.Cl. The van der Waals surface area contributed by atoms with Crippen molar-refractivity contribution in [2.24, 2.45) is 0 Å². The molecule has 0 bridgehead atoms. The molecule has 0 spiro atoms. The van der Waals surface area contributed by atoms with Crippen LogP contribution in [0, 0.1) is 0 Å². The molecule has 0 radical (unpaired) electrons. The quantitative estimate of drug-likeness (QED) is 0.737. The molecule has 148 valence electrons. The fraction of sp³-hybridized carbons (Fsp3) is 0.389. The maximum atomic E-state index is 12.6. The van der Waals surface area contributed by atoms with Crippen molar-refractivity contribution in [3.05, 3.63) is 52.2 Å². The molecule has 27 heavy (non-hydrogen) atoms. The average molecular weight is 430 g/mol. The topological polar surface area (TPSA) is 78.5 Å². The third kappa shape index (κ3) is 5.52. The van der Waals surface area contributed by atoms with E-state index < -0.39 is 10.0 Å². The van der Waals surface area contributed by atoms with Crippen LogP contribution < -0.4 is 10.0 Å². The van der Waals surface area contributed by atoms with E-state index in [0.29, 0.717) is 25.1 Å². The Morgan fingerprint density at radius 1 is 1.30 bits per heavy atom. The Hall–Kier alpha value is -1.45. The number of amides is 1. The van der Waals surface area contributed by atoms with Crippen molar-refractivity contribution in [2.75, 3.05) is 26.2 Å². The van der Waals surface area contributed by atoms with Gasteiger partial charge in [0.2, 0.25) is 10.0 Å². The van der Waals surface area contributed by atoms with Gasteiger partial charge in [-0.25, -0.2) is 13.1 Å². The van der Waals surface area contributed by atoms with Gasteiger partial charge in [0.15, 0.2) is 0 Å². The second kappa shape index (κ2) is 9.66. The number of sulfonamides is 1. The molecule has 1 aromatic carbocycles. The smallest absolute Gasteiger partial charge is 0.254 e. The van der Waals surface area contributed by atoms with Gasteiger partial charge < -0.3 is 10.2 Å². The highest BCUT2D eigenvalue weighted by Gasteiger charge is 2.24. The van der Waals surface area contributed by atoms with Crippen molar-refractivity contribution in [3.8, 4) is 0 Å². The highest BCUT2D eigenvalue weighted by molar-refractivity contribution is 7.89. The van der Waals surface area contributed by atoms with Crippen molar-refractivity contribution >= 4 is 39.7 Å². The van der Waals surface area contributed by atoms with Crippen molar-refractivity contribution < 1.29 is 13.2 Å². The van der Waals surface area contributed by atoms with Crippen LogP contribution in [0.25, 0.3) is 0 Å². The highest BCUT2D eigenvalue weighted by Crippen LogP contribution is 2.15. The molecule has 1 fully saturated rings. The minimum absolute atomic E-state index is 0. The van der Waals surface area contributed by atoms with E-state index in [1.165, 1.54) is 12.1 Å². The number of hydrogen-bond acceptors (Lipinski definition) is 5. The van der Waals surface area contributed by atoms with Crippen LogP contribution >= 0.6 is 23.7 Å². The van der Waals surface area contributed by atoms with Crippen molar-refractivity contribution in [2.45, 2.75) is 24.3 Å². The summed E-state index contributed by atoms with van der Waals surface area (Å²) in [6, 6.07) is 10.2. The summed E-state index contributed by atoms with van der Waals surface area (Å²) in [6.07, 6.45) is 0.661. The second-order valence-electron chi connectivity index (χ2n) is 6.30. The number of nitrogens with zero attached hydrogens (tertiary/aromatic N) is 1. The van der Waals surface area contributed by atoms with Crippen LogP contribution in [-0.2, 0) is 16.4 Å². The Morgan fingerprint density at radius 3 is 2.67 bits per heavy atom. The van der Waals surface area contributed by atoms with Crippen LogP contribution in [0.5, 0.6) is 0 Å². The van der Waals surface area contributed by atoms with E-state index in [-0.39, 0.29) is 29.3 Å². The summed E-state index contributed by atoms with van der Waals surface area (Å²) in [5, 5.41) is 5.22. The monoisotopic (exact) mass is 429 g/mol. The minimum atomic E-state index is -3.57. The molecule has 0 saturated carbocycles. The number of rotatable bonds is 6. The van der Waals surface area contributed by atoms with E-state index in [2.05, 4.69) is 10.0 Å². The molecular formula is C18H24ClN3O3S2. The summed E-state index contributed by atoms with van der Waals surface area (Å²) in [6.45, 7) is 4.55. The van der Waals surface area contributed by atoms with E-state index in [1.54, 1.807) is 23.5 Å². The summed E-state index contributed by atoms with van der Waals surface area (Å²) in [5.41, 5.74) is 0.510. The van der Waals surface area contributed by atoms with E-state index in [1.807, 2.05) is 29.3 Å². The molecule has 1 aliphatic rings. The lowest BCUT2D eigenvalue weighted by atomic mass is 10.1. The van der Waals surface area contributed by atoms with E-state index in [4.69, 9.17) is 0 Å². The van der Waals surface area contributed by atoms with Crippen LogP contribution in [0.1, 0.15) is 22.2 Å². The van der Waals surface area contributed by atoms with Gasteiger partial charge in [-0.15, -0.1) is 23.7 Å². The van der Waals surface area contributed by atoms with Gasteiger partial charge in [0, 0.05) is 42.7 Å². The fourth-order valence-electron chi connectivity index (χ4n) is 2.93. The third-order valence-electron chi connectivity index (χ3n) is 4.42. The molecule has 1 amide bonds. The third-order valence-corrected chi connectivity index (χ3v) is 6.83. The lowest BCUT2D eigenvalue weighted by Crippen LogP contribution is -2.52. The summed E-state index contributed by atoms with van der Waals surface area (Å²) in [7, 11) is -3.57. The molecule has 9 heteroatoms. The van der Waals surface area contributed by atoms with Crippen molar-refractivity contribution in [1.29, 1.82) is 0 Å². The molecule has 1 unspecified atom stereocenters. The number of carbonyl (C=O) groups excluding carboxylic acids is 1. The van der Waals surface area contributed by atoms with Crippen LogP contribution in [0.4, 0.5) is 0 Å². The molecule has 2 N–H and O–H groups in total. The summed E-state index contributed by atoms with van der Waals surface area (Å²) in [4.78, 5) is 15.7. The van der Waals surface area contributed by atoms with Gasteiger partial charge in [-0.3, -0.25) is 4.79 Å². The Bertz CT molecular complexity index is 839. The largest absolute Gasteiger partial charge is 0.333 e. The highest BCUT2D eigenvalue weighted by atomic mass is 35.5. The normalized spacial score (nSPS) is 17.4. The zero-order valence-electron chi connectivity index (χ0n) is 15.1. The molecule has 0 aliphatic carbocycles. The number of nitrogens with one attached hydrogen (secondary N) is 2. The van der Waals surface area contributed by atoms with Crippen molar-refractivity contribution in [1.82, 2.24) is 14.9 Å². The maximum Gasteiger partial charge on any atom is 0.254 e. The molecule has 1 aliphatic heterocycles. The van der Waals surface area contributed by atoms with E-state index in [0.717, 1.165) is 18.0 Å². The Morgan fingerprint density at radius 2 is 2.04 bits per heavy atom. The van der Waals surface area contributed by atoms with Crippen molar-refractivity contribution in [3.63, 3.8) is 0 Å². The number of carbonyl (C=O) groups is 1. The van der Waals surface area contributed by atoms with Gasteiger partial charge in [-0.05, 0) is 49.1 Å². The predicted octanol–water partition coefficient (Wildman–Crippen LogP) is 2.12. The average Bonchev–Trinajstić information content (AvgIpc) is 3.15. The fourth-order valence-corrected chi connectivity index (χ4v) is 4.67. The number of benzene rings is 1. The first kappa shape index (κ1) is 21.8. The molecule has 1 saturated heterocycles. The van der Waals surface area contributed by atoms with Gasteiger partial charge in [0.05, 0.1) is 4.90 Å². The molecular weight excluding hydrogens is 406 g/mol. The standard InChI is InChI=1S/C18H23N3O3S2.ClH/c1-14-13-19-10-11-21(14)18(22)15-4-6-17(7-5-15)26(23,24)20-9-8-16-3-2-12-25-16;/h2-7,12,14,19-20H,8-11,13H2,1H3;1H. The van der Waals surface area contributed by atoms with E-state index >= 15 is 0 Å². The molecule has 6 nitrogen and oxygen atoms in total. The van der Waals surface area contributed by atoms with Crippen LogP contribution in [0.2, 0.25) is 0 Å². The summed E-state index contributed by atoms with van der Waals surface area (Å²) < 4.78 is 27.4. The molecule has 2 heterocycles. The summed E-state index contributed by atoms with van der Waals surface area (Å²) in [5.74, 6) is -0.0615. The van der Waals surface area contributed by atoms with Gasteiger partial charge in [0.1, 0.15) is 0 Å². The van der Waals surface area contributed by atoms with E-state index in [9.17, 15) is 13.2 Å². The molecule has 1 atom stereocenters. The number of piperazine rings is 1. The van der Waals surface area contributed by atoms with Gasteiger partial charge in [0.25, 0.3) is 5.91 Å². The number of hydrogen-bond donors (Lipinski definition) is 2.